The molecule has 0 saturated carbocycles. The van der Waals surface area contributed by atoms with Gasteiger partial charge in [0.15, 0.2) is 12.0 Å². The number of rotatable bonds is 1. The third-order valence-corrected chi connectivity index (χ3v) is 2.04. The van der Waals surface area contributed by atoms with Gasteiger partial charge < -0.3 is 4.52 Å². The highest BCUT2D eigenvalue weighted by Gasteiger charge is 2.11. The molecule has 7 nitrogen and oxygen atoms in total. The van der Waals surface area contributed by atoms with Crippen molar-refractivity contribution in [3.63, 3.8) is 0 Å². The highest BCUT2D eigenvalue weighted by Crippen LogP contribution is 2.18. The van der Waals surface area contributed by atoms with Crippen LogP contribution >= 0.6 is 0 Å². The maximum atomic E-state index is 11.3. The third kappa shape index (κ3) is 1.06. The number of nitrogens with one attached hydrogen (secondary N) is 1. The van der Waals surface area contributed by atoms with Gasteiger partial charge in [-0.15, -0.1) is 0 Å². The molecule has 0 spiro atoms. The minimum atomic E-state index is -0.300. The molecule has 0 radical (unpaired) electrons. The first kappa shape index (κ1) is 7.92. The quantitative estimate of drug-likeness (QED) is 0.604. The van der Waals surface area contributed by atoms with Crippen LogP contribution in [0.5, 0.6) is 0 Å². The van der Waals surface area contributed by atoms with E-state index >= 15 is 0 Å². The van der Waals surface area contributed by atoms with E-state index in [1.165, 1.54) is 10.7 Å². The summed E-state index contributed by atoms with van der Waals surface area (Å²) in [4.78, 5) is 15.2. The van der Waals surface area contributed by atoms with Crippen molar-refractivity contribution >= 4 is 5.65 Å². The Kier molecular flexibility index (Phi) is 1.46. The molecule has 0 fully saturated rings. The van der Waals surface area contributed by atoms with Crippen LogP contribution < -0.4 is 5.69 Å². The molecule has 0 aliphatic rings. The molecule has 7 heteroatoms. The summed E-state index contributed by atoms with van der Waals surface area (Å²) in [6.45, 7) is 0. The van der Waals surface area contributed by atoms with Gasteiger partial charge in [-0.2, -0.15) is 10.1 Å². The number of fused-ring (bicyclic) bond motifs is 1. The van der Waals surface area contributed by atoms with Crippen LogP contribution in [0.25, 0.3) is 17.1 Å². The van der Waals surface area contributed by atoms with Crippen molar-refractivity contribution in [3.05, 3.63) is 35.1 Å². The van der Waals surface area contributed by atoms with Gasteiger partial charge in [-0.05, 0) is 12.1 Å². The minimum absolute atomic E-state index is 0.300. The van der Waals surface area contributed by atoms with Crippen LogP contribution in [-0.2, 0) is 0 Å². The highest BCUT2D eigenvalue weighted by atomic mass is 16.5. The van der Waals surface area contributed by atoms with E-state index in [-0.39, 0.29) is 5.69 Å². The molecular formula is C8H5N5O2. The van der Waals surface area contributed by atoms with Gasteiger partial charge in [-0.25, -0.2) is 14.3 Å². The van der Waals surface area contributed by atoms with Crippen molar-refractivity contribution in [3.8, 4) is 11.5 Å². The van der Waals surface area contributed by atoms with Crippen LogP contribution in [0.2, 0.25) is 0 Å². The van der Waals surface area contributed by atoms with Gasteiger partial charge in [0.25, 0.3) is 5.89 Å². The predicted molar refractivity (Wildman–Crippen MR) is 49.1 cm³/mol. The van der Waals surface area contributed by atoms with Crippen LogP contribution in [0.15, 0.2) is 34.0 Å². The Morgan fingerprint density at radius 1 is 1.47 bits per heavy atom. The topological polar surface area (TPSA) is 89.1 Å². The second kappa shape index (κ2) is 2.77. The predicted octanol–water partition coefficient (Wildman–Crippen LogP) is 0.0726. The van der Waals surface area contributed by atoms with Gasteiger partial charge in [-0.3, -0.25) is 0 Å². The van der Waals surface area contributed by atoms with Crippen molar-refractivity contribution in [2.45, 2.75) is 0 Å². The Hall–Kier alpha value is -2.44. The van der Waals surface area contributed by atoms with Gasteiger partial charge in [0, 0.05) is 6.20 Å². The van der Waals surface area contributed by atoms with Crippen LogP contribution in [-0.4, -0.2) is 24.7 Å². The number of nitrogens with zero attached hydrogens (tertiary/aromatic N) is 4. The monoisotopic (exact) mass is 203 g/mol. The number of hydrogen-bond acceptors (Lipinski definition) is 5. The van der Waals surface area contributed by atoms with Crippen LogP contribution in [0.4, 0.5) is 0 Å². The summed E-state index contributed by atoms with van der Waals surface area (Å²) < 4.78 is 6.28. The van der Waals surface area contributed by atoms with E-state index < -0.39 is 0 Å². The van der Waals surface area contributed by atoms with Gasteiger partial charge in [0.05, 0.1) is 5.56 Å². The molecule has 0 aliphatic heterocycles. The summed E-state index contributed by atoms with van der Waals surface area (Å²) >= 11 is 0. The van der Waals surface area contributed by atoms with Crippen LogP contribution in [0, 0.1) is 0 Å². The molecule has 0 aromatic carbocycles. The number of hydrogen-bond donors (Lipinski definition) is 1. The summed E-state index contributed by atoms with van der Waals surface area (Å²) in [6, 6.07) is 3.46. The van der Waals surface area contributed by atoms with Gasteiger partial charge >= 0.3 is 5.69 Å². The van der Waals surface area contributed by atoms with Gasteiger partial charge in [0.1, 0.15) is 0 Å². The molecule has 74 valence electrons. The van der Waals surface area contributed by atoms with Crippen LogP contribution in [0.1, 0.15) is 0 Å². The van der Waals surface area contributed by atoms with E-state index in [1.807, 2.05) is 0 Å². The van der Waals surface area contributed by atoms with E-state index in [2.05, 4.69) is 20.3 Å². The Bertz CT molecular complexity index is 651. The largest absolute Gasteiger partial charge is 0.347 e. The zero-order valence-corrected chi connectivity index (χ0v) is 7.41. The average Bonchev–Trinajstić information content (AvgIpc) is 2.88. The van der Waals surface area contributed by atoms with E-state index in [1.54, 1.807) is 18.3 Å². The highest BCUT2D eigenvalue weighted by molar-refractivity contribution is 5.70. The zero-order chi connectivity index (χ0) is 10.3. The van der Waals surface area contributed by atoms with Crippen molar-refractivity contribution in [2.75, 3.05) is 0 Å². The number of pyridine rings is 1. The molecule has 0 aliphatic carbocycles. The molecule has 3 aromatic heterocycles. The first-order valence-electron chi connectivity index (χ1n) is 4.19. The van der Waals surface area contributed by atoms with Crippen molar-refractivity contribution < 1.29 is 4.52 Å². The molecule has 1 N–H and O–H groups in total. The van der Waals surface area contributed by atoms with E-state index in [0.29, 0.717) is 17.1 Å². The standard InChI is InChI=1S/C8H5N5O2/c14-8-12-11-6-5(2-1-3-13(6)8)7-9-4-10-15-7/h1-4H,(H,12,14). The normalized spacial score (nSPS) is 10.9. The summed E-state index contributed by atoms with van der Waals surface area (Å²) in [5.74, 6) is 0.333. The summed E-state index contributed by atoms with van der Waals surface area (Å²) in [5.41, 5.74) is 0.784. The molecule has 3 heterocycles. The minimum Gasteiger partial charge on any atom is -0.334 e. The molecule has 0 unspecified atom stereocenters. The lowest BCUT2D eigenvalue weighted by molar-refractivity contribution is 0.430. The lowest BCUT2D eigenvalue weighted by atomic mass is 10.2. The smallest absolute Gasteiger partial charge is 0.334 e. The number of H-pyrrole nitrogens is 1. The Morgan fingerprint density at radius 3 is 3.20 bits per heavy atom. The third-order valence-electron chi connectivity index (χ3n) is 2.04. The number of aromatic nitrogens is 5. The summed E-state index contributed by atoms with van der Waals surface area (Å²) in [6.07, 6.45) is 2.91. The summed E-state index contributed by atoms with van der Waals surface area (Å²) in [7, 11) is 0. The van der Waals surface area contributed by atoms with Gasteiger partial charge in [-0.1, -0.05) is 5.16 Å². The Labute approximate surface area is 82.4 Å². The fraction of sp³-hybridized carbons (Fsp3) is 0. The van der Waals surface area contributed by atoms with Crippen molar-refractivity contribution in [2.24, 2.45) is 0 Å². The molecule has 15 heavy (non-hydrogen) atoms. The molecule has 3 aromatic rings. The molecule has 0 atom stereocenters. The van der Waals surface area contributed by atoms with E-state index in [0.717, 1.165) is 0 Å². The second-order valence-electron chi connectivity index (χ2n) is 2.89. The first-order chi connectivity index (χ1) is 7.36. The second-order valence-corrected chi connectivity index (χ2v) is 2.89. The van der Waals surface area contributed by atoms with Gasteiger partial charge in [0.2, 0.25) is 0 Å². The fourth-order valence-corrected chi connectivity index (χ4v) is 1.39. The first-order valence-corrected chi connectivity index (χ1v) is 4.19. The van der Waals surface area contributed by atoms with Crippen molar-refractivity contribution in [1.29, 1.82) is 0 Å². The Balaban J connectivity index is 2.41. The van der Waals surface area contributed by atoms with Crippen molar-refractivity contribution in [1.82, 2.24) is 24.7 Å². The lowest BCUT2D eigenvalue weighted by Crippen LogP contribution is -2.08. The summed E-state index contributed by atoms with van der Waals surface area (Å²) in [5, 5.41) is 9.72. The average molecular weight is 203 g/mol. The molecular weight excluding hydrogens is 198 g/mol. The molecule has 0 amide bonds. The molecule has 0 bridgehead atoms. The maximum Gasteiger partial charge on any atom is 0.347 e. The van der Waals surface area contributed by atoms with E-state index in [9.17, 15) is 4.79 Å². The zero-order valence-electron chi connectivity index (χ0n) is 7.41. The Morgan fingerprint density at radius 2 is 2.40 bits per heavy atom. The SMILES string of the molecule is O=c1[nH]nc2c(-c3ncno3)cccn12. The molecule has 0 saturated heterocycles. The van der Waals surface area contributed by atoms with Crippen LogP contribution in [0.3, 0.4) is 0 Å². The van der Waals surface area contributed by atoms with E-state index in [4.69, 9.17) is 4.52 Å². The fourth-order valence-electron chi connectivity index (χ4n) is 1.39. The number of aromatic amines is 1. The maximum absolute atomic E-state index is 11.3. The molecule has 3 rings (SSSR count). The lowest BCUT2D eigenvalue weighted by Gasteiger charge is -1.95.